The van der Waals surface area contributed by atoms with Crippen LogP contribution in [-0.4, -0.2) is 56.5 Å². The molecule has 9 nitrogen and oxygen atoms in total. The number of fused-ring (bicyclic) bond motifs is 1. The second-order valence-electron chi connectivity index (χ2n) is 8.08. The number of hydrogen-bond acceptors (Lipinski definition) is 6. The lowest BCUT2D eigenvalue weighted by Gasteiger charge is -2.22. The van der Waals surface area contributed by atoms with Crippen LogP contribution in [-0.2, 0) is 7.05 Å². The van der Waals surface area contributed by atoms with Crippen LogP contribution in [0.2, 0.25) is 0 Å². The standard InChI is InChI=1S/C19H22N6O3/c1-23-17(26)14(5-20-19(23)28)18(27)25-8-12-6-24(7-13(12)9-25)16-4-15(11-2-3-11)21-10-22-16/h4-5,10-13H,2-3,6-9H2,1H3,(H,20,28). The highest BCUT2D eigenvalue weighted by Gasteiger charge is 2.42. The number of rotatable bonds is 3. The van der Waals surface area contributed by atoms with Gasteiger partial charge in [-0.1, -0.05) is 0 Å². The highest BCUT2D eigenvalue weighted by atomic mass is 16.2. The Hall–Kier alpha value is -2.97. The zero-order chi connectivity index (χ0) is 19.4. The molecule has 146 valence electrons. The molecular weight excluding hydrogens is 360 g/mol. The van der Waals surface area contributed by atoms with Gasteiger partial charge in [0, 0.05) is 68.9 Å². The van der Waals surface area contributed by atoms with E-state index in [0.29, 0.717) is 30.8 Å². The van der Waals surface area contributed by atoms with Crippen LogP contribution in [0.15, 0.2) is 28.2 Å². The number of nitrogens with zero attached hydrogens (tertiary/aromatic N) is 5. The molecule has 1 N–H and O–H groups in total. The maximum atomic E-state index is 12.8. The maximum absolute atomic E-state index is 12.8. The number of likely N-dealkylation sites (tertiary alicyclic amines) is 1. The quantitative estimate of drug-likeness (QED) is 0.798. The summed E-state index contributed by atoms with van der Waals surface area (Å²) in [5, 5.41) is 0. The van der Waals surface area contributed by atoms with Crippen molar-refractivity contribution < 1.29 is 4.79 Å². The minimum Gasteiger partial charge on any atom is -0.356 e. The SMILES string of the molecule is Cn1c(=O)[nH]cc(C(=O)N2CC3CN(c4cc(C5CC5)ncn4)CC3C2)c1=O. The molecule has 1 amide bonds. The molecule has 5 rings (SSSR count). The third-order valence-electron chi connectivity index (χ3n) is 6.18. The summed E-state index contributed by atoms with van der Waals surface area (Å²) in [6, 6.07) is 2.10. The zero-order valence-electron chi connectivity index (χ0n) is 15.7. The Kier molecular flexibility index (Phi) is 3.85. The van der Waals surface area contributed by atoms with E-state index < -0.39 is 11.2 Å². The van der Waals surface area contributed by atoms with Gasteiger partial charge in [-0.15, -0.1) is 0 Å². The van der Waals surface area contributed by atoms with E-state index in [1.54, 1.807) is 11.2 Å². The largest absolute Gasteiger partial charge is 0.356 e. The van der Waals surface area contributed by atoms with E-state index in [2.05, 4.69) is 25.9 Å². The molecule has 3 fully saturated rings. The highest BCUT2D eigenvalue weighted by Crippen LogP contribution is 2.40. The van der Waals surface area contributed by atoms with Crippen LogP contribution in [0.4, 0.5) is 5.82 Å². The summed E-state index contributed by atoms with van der Waals surface area (Å²) < 4.78 is 0.929. The van der Waals surface area contributed by atoms with Crippen LogP contribution >= 0.6 is 0 Å². The smallest absolute Gasteiger partial charge is 0.328 e. The second-order valence-corrected chi connectivity index (χ2v) is 8.08. The molecule has 1 aliphatic carbocycles. The molecule has 2 aromatic heterocycles. The molecule has 9 heteroatoms. The fourth-order valence-electron chi connectivity index (χ4n) is 4.37. The van der Waals surface area contributed by atoms with Crippen molar-refractivity contribution in [2.24, 2.45) is 18.9 Å². The van der Waals surface area contributed by atoms with E-state index >= 15 is 0 Å². The normalized spacial score (nSPS) is 23.9. The van der Waals surface area contributed by atoms with E-state index in [0.717, 1.165) is 29.2 Å². The first kappa shape index (κ1) is 17.2. The monoisotopic (exact) mass is 382 g/mol. The van der Waals surface area contributed by atoms with Crippen LogP contribution < -0.4 is 16.1 Å². The van der Waals surface area contributed by atoms with Gasteiger partial charge >= 0.3 is 5.69 Å². The number of aromatic nitrogens is 4. The van der Waals surface area contributed by atoms with Crippen LogP contribution in [0.25, 0.3) is 0 Å². The first-order valence-electron chi connectivity index (χ1n) is 9.66. The van der Waals surface area contributed by atoms with Crippen molar-refractivity contribution in [1.82, 2.24) is 24.4 Å². The molecule has 28 heavy (non-hydrogen) atoms. The van der Waals surface area contributed by atoms with Crippen LogP contribution in [0.5, 0.6) is 0 Å². The number of hydrogen-bond donors (Lipinski definition) is 1. The summed E-state index contributed by atoms with van der Waals surface area (Å²) in [5.41, 5.74) is 0.0727. The Morgan fingerprint density at radius 2 is 1.82 bits per heavy atom. The fourth-order valence-corrected chi connectivity index (χ4v) is 4.37. The van der Waals surface area contributed by atoms with E-state index in [1.807, 2.05) is 0 Å². The Bertz CT molecular complexity index is 1040. The van der Waals surface area contributed by atoms with E-state index in [-0.39, 0.29) is 11.5 Å². The lowest BCUT2D eigenvalue weighted by atomic mass is 10.0. The van der Waals surface area contributed by atoms with Gasteiger partial charge in [-0.25, -0.2) is 14.8 Å². The summed E-state index contributed by atoms with van der Waals surface area (Å²) in [6.07, 6.45) is 5.30. The summed E-state index contributed by atoms with van der Waals surface area (Å²) >= 11 is 0. The third kappa shape index (κ3) is 2.81. The number of aromatic amines is 1. The van der Waals surface area contributed by atoms with Gasteiger partial charge in [0.25, 0.3) is 11.5 Å². The van der Waals surface area contributed by atoms with Crippen molar-refractivity contribution >= 4 is 11.7 Å². The maximum Gasteiger partial charge on any atom is 0.328 e. The average molecular weight is 382 g/mol. The molecule has 2 unspecified atom stereocenters. The van der Waals surface area contributed by atoms with Gasteiger partial charge in [0.05, 0.1) is 0 Å². The third-order valence-corrected chi connectivity index (χ3v) is 6.18. The lowest BCUT2D eigenvalue weighted by Crippen LogP contribution is -2.41. The van der Waals surface area contributed by atoms with Crippen molar-refractivity contribution in [1.29, 1.82) is 0 Å². The zero-order valence-corrected chi connectivity index (χ0v) is 15.7. The van der Waals surface area contributed by atoms with Crippen LogP contribution in [0, 0.1) is 11.8 Å². The molecule has 4 heterocycles. The summed E-state index contributed by atoms with van der Waals surface area (Å²) in [4.78, 5) is 51.8. The average Bonchev–Trinajstić information content (AvgIpc) is 3.36. The first-order valence-corrected chi connectivity index (χ1v) is 9.66. The first-order chi connectivity index (χ1) is 13.5. The molecule has 0 radical (unpaired) electrons. The van der Waals surface area contributed by atoms with E-state index in [4.69, 9.17) is 0 Å². The van der Waals surface area contributed by atoms with Gasteiger partial charge in [-0.2, -0.15) is 0 Å². The molecule has 2 aliphatic heterocycles. The highest BCUT2D eigenvalue weighted by molar-refractivity contribution is 5.93. The van der Waals surface area contributed by atoms with Crippen molar-refractivity contribution in [3.63, 3.8) is 0 Å². The molecule has 2 saturated heterocycles. The van der Waals surface area contributed by atoms with Gasteiger partial charge < -0.3 is 14.8 Å². The van der Waals surface area contributed by atoms with Gasteiger partial charge in [0.2, 0.25) is 0 Å². The van der Waals surface area contributed by atoms with Crippen molar-refractivity contribution in [3.05, 3.63) is 50.7 Å². The number of carbonyl (C=O) groups is 1. The molecule has 0 aromatic carbocycles. The van der Waals surface area contributed by atoms with E-state index in [1.165, 1.54) is 26.1 Å². The summed E-state index contributed by atoms with van der Waals surface area (Å²) in [7, 11) is 1.37. The van der Waals surface area contributed by atoms with Gasteiger partial charge in [-0.3, -0.25) is 14.2 Å². The minimum atomic E-state index is -0.555. The Balaban J connectivity index is 1.29. The van der Waals surface area contributed by atoms with Crippen molar-refractivity contribution in [2.45, 2.75) is 18.8 Å². The second kappa shape index (κ2) is 6.29. The molecule has 0 spiro atoms. The minimum absolute atomic E-state index is 0.0174. The summed E-state index contributed by atoms with van der Waals surface area (Å²) in [6.45, 7) is 2.92. The summed E-state index contributed by atoms with van der Waals surface area (Å²) in [5.74, 6) is 1.97. The number of anilines is 1. The lowest BCUT2D eigenvalue weighted by molar-refractivity contribution is 0.0779. The van der Waals surface area contributed by atoms with Gasteiger partial charge in [-0.05, 0) is 12.8 Å². The predicted molar refractivity (Wildman–Crippen MR) is 101 cm³/mol. The molecule has 3 aliphatic rings. The van der Waals surface area contributed by atoms with E-state index in [9.17, 15) is 14.4 Å². The predicted octanol–water partition coefficient (Wildman–Crippen LogP) is -0.0506. The number of amides is 1. The molecule has 2 atom stereocenters. The fraction of sp³-hybridized carbons (Fsp3) is 0.526. The van der Waals surface area contributed by atoms with Crippen molar-refractivity contribution in [2.75, 3.05) is 31.1 Å². The molecule has 2 aromatic rings. The Morgan fingerprint density at radius 3 is 2.50 bits per heavy atom. The Labute approximate surface area is 161 Å². The van der Waals surface area contributed by atoms with Crippen LogP contribution in [0.3, 0.4) is 0 Å². The van der Waals surface area contributed by atoms with Crippen molar-refractivity contribution in [3.8, 4) is 0 Å². The molecular formula is C19H22N6O3. The molecule has 0 bridgehead atoms. The topological polar surface area (TPSA) is 104 Å². The van der Waals surface area contributed by atoms with Gasteiger partial charge in [0.1, 0.15) is 17.7 Å². The number of H-pyrrole nitrogens is 1. The Morgan fingerprint density at radius 1 is 1.11 bits per heavy atom. The van der Waals surface area contributed by atoms with Crippen LogP contribution in [0.1, 0.15) is 34.8 Å². The number of nitrogens with one attached hydrogen (secondary N) is 1. The molecule has 1 saturated carbocycles. The van der Waals surface area contributed by atoms with Gasteiger partial charge in [0.15, 0.2) is 0 Å². The number of carbonyl (C=O) groups excluding carboxylic acids is 1.